The number of anilines is 2. The topological polar surface area (TPSA) is 116 Å². The van der Waals surface area contributed by atoms with E-state index >= 15 is 0 Å². The standard InChI is InChI=1S/C26H31F2N7O3/c27-17-3-4-21(28)19(10-17)20-13-35(14-22(20)29)25-30-11-18(12-31-25)37-15-16-5-7-34(8-6-16)26-32-24(33-38-26)23-2-1-9-36-23/h3-4,10-12,16,20,22-23H,1-2,5-9,13-15,29H2/t20-,22?,23-/m1/s1. The molecule has 3 fully saturated rings. The number of halogens is 2. The molecule has 0 spiro atoms. The fourth-order valence-electron chi connectivity index (χ4n) is 5.44. The van der Waals surface area contributed by atoms with Crippen LogP contribution in [-0.2, 0) is 4.74 Å². The van der Waals surface area contributed by atoms with E-state index in [2.05, 4.69) is 25.0 Å². The molecule has 0 bridgehead atoms. The zero-order valence-electron chi connectivity index (χ0n) is 21.0. The zero-order chi connectivity index (χ0) is 26.1. The van der Waals surface area contributed by atoms with Crippen LogP contribution in [0.1, 0.15) is 49.1 Å². The van der Waals surface area contributed by atoms with Crippen molar-refractivity contribution in [2.75, 3.05) is 49.2 Å². The molecule has 3 aromatic rings. The largest absolute Gasteiger partial charge is 0.490 e. The van der Waals surface area contributed by atoms with Crippen LogP contribution >= 0.6 is 0 Å². The van der Waals surface area contributed by atoms with E-state index in [1.165, 1.54) is 6.07 Å². The third kappa shape index (κ3) is 5.28. The van der Waals surface area contributed by atoms with E-state index in [0.29, 0.717) is 49.2 Å². The fourth-order valence-corrected chi connectivity index (χ4v) is 5.44. The number of piperidine rings is 1. The second kappa shape index (κ2) is 10.8. The van der Waals surface area contributed by atoms with Crippen molar-refractivity contribution in [3.8, 4) is 5.75 Å². The summed E-state index contributed by atoms with van der Waals surface area (Å²) < 4.78 is 45.0. The van der Waals surface area contributed by atoms with Crippen LogP contribution in [-0.4, -0.2) is 65.5 Å². The van der Waals surface area contributed by atoms with Crippen LogP contribution in [0.3, 0.4) is 0 Å². The molecule has 3 saturated heterocycles. The van der Waals surface area contributed by atoms with Gasteiger partial charge in [0.1, 0.15) is 17.7 Å². The predicted octanol–water partition coefficient (Wildman–Crippen LogP) is 3.22. The maximum Gasteiger partial charge on any atom is 0.324 e. The van der Waals surface area contributed by atoms with Crippen LogP contribution in [0.15, 0.2) is 35.1 Å². The molecule has 0 aliphatic carbocycles. The van der Waals surface area contributed by atoms with Gasteiger partial charge in [-0.1, -0.05) is 5.16 Å². The van der Waals surface area contributed by atoms with Crippen LogP contribution in [0.4, 0.5) is 20.7 Å². The molecule has 1 aromatic carbocycles. The number of hydrogen-bond donors (Lipinski definition) is 1. The molecular weight excluding hydrogens is 496 g/mol. The van der Waals surface area contributed by atoms with Gasteiger partial charge in [-0.2, -0.15) is 4.98 Å². The lowest BCUT2D eigenvalue weighted by Gasteiger charge is -2.30. The monoisotopic (exact) mass is 527 g/mol. The first-order chi connectivity index (χ1) is 18.5. The summed E-state index contributed by atoms with van der Waals surface area (Å²) in [6.07, 6.45) is 7.09. The number of nitrogens with two attached hydrogens (primary N) is 1. The normalized spacial score (nSPS) is 24.3. The Kier molecular flexibility index (Phi) is 7.07. The van der Waals surface area contributed by atoms with Crippen molar-refractivity contribution in [2.24, 2.45) is 11.7 Å². The molecule has 0 amide bonds. The van der Waals surface area contributed by atoms with E-state index in [1.807, 2.05) is 4.90 Å². The molecule has 3 aliphatic rings. The number of ether oxygens (including phenoxy) is 2. The van der Waals surface area contributed by atoms with E-state index in [1.54, 1.807) is 12.4 Å². The summed E-state index contributed by atoms with van der Waals surface area (Å²) in [7, 11) is 0. The van der Waals surface area contributed by atoms with Gasteiger partial charge < -0.3 is 29.5 Å². The minimum atomic E-state index is -0.478. The fraction of sp³-hybridized carbons (Fsp3) is 0.538. The van der Waals surface area contributed by atoms with Crippen molar-refractivity contribution in [3.05, 3.63) is 53.6 Å². The molecule has 3 atom stereocenters. The molecule has 10 nitrogen and oxygen atoms in total. The first kappa shape index (κ1) is 24.9. The second-order valence-electron chi connectivity index (χ2n) is 10.2. The highest BCUT2D eigenvalue weighted by molar-refractivity contribution is 5.39. The van der Waals surface area contributed by atoms with E-state index < -0.39 is 11.6 Å². The van der Waals surface area contributed by atoms with Crippen LogP contribution in [0.25, 0.3) is 0 Å². The summed E-state index contributed by atoms with van der Waals surface area (Å²) in [6, 6.07) is 3.67. The zero-order valence-corrected chi connectivity index (χ0v) is 21.0. The van der Waals surface area contributed by atoms with E-state index in [4.69, 9.17) is 19.7 Å². The van der Waals surface area contributed by atoms with Gasteiger partial charge in [-0.3, -0.25) is 0 Å². The average Bonchev–Trinajstić information content (AvgIpc) is 3.71. The molecular formula is C26H31F2N7O3. The number of nitrogens with zero attached hydrogens (tertiary/aromatic N) is 6. The average molecular weight is 528 g/mol. The maximum atomic E-state index is 14.3. The lowest BCUT2D eigenvalue weighted by atomic mass is 9.94. The molecule has 0 saturated carbocycles. The molecule has 3 aliphatic heterocycles. The Bertz CT molecular complexity index is 1230. The molecule has 6 rings (SSSR count). The molecule has 12 heteroatoms. The van der Waals surface area contributed by atoms with E-state index in [0.717, 1.165) is 57.5 Å². The summed E-state index contributed by atoms with van der Waals surface area (Å²) in [4.78, 5) is 17.4. The van der Waals surface area contributed by atoms with Crippen LogP contribution in [0.2, 0.25) is 0 Å². The van der Waals surface area contributed by atoms with Gasteiger partial charge in [-0.25, -0.2) is 18.7 Å². The van der Waals surface area contributed by atoms with Crippen molar-refractivity contribution >= 4 is 12.0 Å². The van der Waals surface area contributed by atoms with Gasteiger partial charge in [0, 0.05) is 44.7 Å². The van der Waals surface area contributed by atoms with E-state index in [-0.39, 0.29) is 23.6 Å². The molecule has 1 unspecified atom stereocenters. The minimum Gasteiger partial charge on any atom is -0.490 e. The minimum absolute atomic E-state index is 0.0490. The SMILES string of the molecule is NC1CN(c2ncc(OCC3CCN(c4nc([C@H]5CCCO5)no4)CC3)cn2)C[C@@H]1c1cc(F)ccc1F. The first-order valence-electron chi connectivity index (χ1n) is 13.1. The van der Waals surface area contributed by atoms with Gasteiger partial charge >= 0.3 is 6.01 Å². The van der Waals surface area contributed by atoms with Crippen LogP contribution in [0, 0.1) is 17.6 Å². The van der Waals surface area contributed by atoms with Gasteiger partial charge in [-0.05, 0) is 55.4 Å². The maximum absolute atomic E-state index is 14.3. The lowest BCUT2D eigenvalue weighted by Crippen LogP contribution is -2.35. The van der Waals surface area contributed by atoms with Gasteiger partial charge in [-0.15, -0.1) is 0 Å². The van der Waals surface area contributed by atoms with Crippen molar-refractivity contribution in [1.29, 1.82) is 0 Å². The highest BCUT2D eigenvalue weighted by Crippen LogP contribution is 2.32. The third-order valence-electron chi connectivity index (χ3n) is 7.64. The Hall–Kier alpha value is -3.38. The predicted molar refractivity (Wildman–Crippen MR) is 134 cm³/mol. The van der Waals surface area contributed by atoms with Crippen molar-refractivity contribution in [2.45, 2.75) is 43.7 Å². The summed E-state index contributed by atoms with van der Waals surface area (Å²) in [5.41, 5.74) is 6.55. The third-order valence-corrected chi connectivity index (χ3v) is 7.64. The smallest absolute Gasteiger partial charge is 0.324 e. The summed E-state index contributed by atoms with van der Waals surface area (Å²) in [5.74, 6) is 0.834. The Morgan fingerprint density at radius 1 is 1.05 bits per heavy atom. The molecule has 202 valence electrons. The Morgan fingerprint density at radius 2 is 1.87 bits per heavy atom. The molecule has 2 N–H and O–H groups in total. The summed E-state index contributed by atoms with van der Waals surface area (Å²) in [5, 5.41) is 4.10. The van der Waals surface area contributed by atoms with Gasteiger partial charge in [0.05, 0.1) is 19.0 Å². The van der Waals surface area contributed by atoms with Crippen molar-refractivity contribution in [3.63, 3.8) is 0 Å². The first-order valence-corrected chi connectivity index (χ1v) is 13.1. The number of rotatable bonds is 7. The quantitative estimate of drug-likeness (QED) is 0.491. The Balaban J connectivity index is 0.982. The Morgan fingerprint density at radius 3 is 2.63 bits per heavy atom. The number of aromatic nitrogens is 4. The molecule has 38 heavy (non-hydrogen) atoms. The van der Waals surface area contributed by atoms with Gasteiger partial charge in [0.15, 0.2) is 5.75 Å². The lowest BCUT2D eigenvalue weighted by molar-refractivity contribution is 0.103. The number of benzene rings is 1. The van der Waals surface area contributed by atoms with Crippen molar-refractivity contribution in [1.82, 2.24) is 20.1 Å². The highest BCUT2D eigenvalue weighted by Gasteiger charge is 2.34. The van der Waals surface area contributed by atoms with Crippen molar-refractivity contribution < 1.29 is 22.8 Å². The molecule has 2 aromatic heterocycles. The van der Waals surface area contributed by atoms with Gasteiger partial charge in [0.2, 0.25) is 11.8 Å². The van der Waals surface area contributed by atoms with Gasteiger partial charge in [0.25, 0.3) is 0 Å². The summed E-state index contributed by atoms with van der Waals surface area (Å²) in [6.45, 7) is 3.82. The van der Waals surface area contributed by atoms with Crippen LogP contribution < -0.4 is 20.3 Å². The second-order valence-corrected chi connectivity index (χ2v) is 10.2. The van der Waals surface area contributed by atoms with E-state index in [9.17, 15) is 8.78 Å². The van der Waals surface area contributed by atoms with Crippen LogP contribution in [0.5, 0.6) is 5.75 Å². The Labute approximate surface area is 219 Å². The molecule has 0 radical (unpaired) electrons. The number of hydrogen-bond acceptors (Lipinski definition) is 10. The molecule has 5 heterocycles. The summed E-state index contributed by atoms with van der Waals surface area (Å²) >= 11 is 0. The highest BCUT2D eigenvalue weighted by atomic mass is 19.1.